The first-order chi connectivity index (χ1) is 6.97. The smallest absolute Gasteiger partial charge is 0.276 e. The van der Waals surface area contributed by atoms with Crippen molar-refractivity contribution in [1.29, 1.82) is 0 Å². The maximum Gasteiger partial charge on any atom is 0.276 e. The van der Waals surface area contributed by atoms with Gasteiger partial charge in [0.15, 0.2) is 11.6 Å². The van der Waals surface area contributed by atoms with E-state index in [4.69, 9.17) is 5.73 Å². The summed E-state index contributed by atoms with van der Waals surface area (Å²) in [5.41, 5.74) is 5.00. The SMILES string of the molecule is CC(CN)c1cc(F)c(F)cc1[N+](=O)[O-]. The van der Waals surface area contributed by atoms with Gasteiger partial charge in [0.1, 0.15) is 0 Å². The summed E-state index contributed by atoms with van der Waals surface area (Å²) in [7, 11) is 0. The first kappa shape index (κ1) is 11.5. The minimum Gasteiger partial charge on any atom is -0.330 e. The molecule has 0 amide bonds. The third kappa shape index (κ3) is 2.27. The van der Waals surface area contributed by atoms with Gasteiger partial charge in [0.25, 0.3) is 5.69 Å². The Bertz CT molecular complexity index is 396. The van der Waals surface area contributed by atoms with Crippen molar-refractivity contribution in [2.45, 2.75) is 12.8 Å². The number of nitrogens with two attached hydrogens (primary N) is 1. The lowest BCUT2D eigenvalue weighted by molar-refractivity contribution is -0.385. The largest absolute Gasteiger partial charge is 0.330 e. The van der Waals surface area contributed by atoms with Gasteiger partial charge in [0, 0.05) is 11.5 Å². The quantitative estimate of drug-likeness (QED) is 0.620. The second-order valence-corrected chi connectivity index (χ2v) is 3.22. The van der Waals surface area contributed by atoms with Crippen molar-refractivity contribution < 1.29 is 13.7 Å². The van der Waals surface area contributed by atoms with Crippen LogP contribution >= 0.6 is 0 Å². The van der Waals surface area contributed by atoms with Gasteiger partial charge in [-0.3, -0.25) is 10.1 Å². The number of benzene rings is 1. The minimum atomic E-state index is -1.23. The molecule has 15 heavy (non-hydrogen) atoms. The van der Waals surface area contributed by atoms with Crippen LogP contribution in [0.15, 0.2) is 12.1 Å². The monoisotopic (exact) mass is 216 g/mol. The number of hydrogen-bond acceptors (Lipinski definition) is 3. The molecule has 0 saturated heterocycles. The van der Waals surface area contributed by atoms with Gasteiger partial charge in [0.05, 0.1) is 11.0 Å². The fourth-order valence-corrected chi connectivity index (χ4v) is 1.23. The average molecular weight is 216 g/mol. The lowest BCUT2D eigenvalue weighted by Gasteiger charge is -2.09. The van der Waals surface area contributed by atoms with Crippen LogP contribution in [0.25, 0.3) is 0 Å². The van der Waals surface area contributed by atoms with Crippen LogP contribution in [0.3, 0.4) is 0 Å². The highest BCUT2D eigenvalue weighted by Crippen LogP contribution is 2.28. The van der Waals surface area contributed by atoms with Crippen LogP contribution in [0, 0.1) is 21.7 Å². The first-order valence-corrected chi connectivity index (χ1v) is 4.30. The topological polar surface area (TPSA) is 69.2 Å². The Morgan fingerprint density at radius 1 is 1.47 bits per heavy atom. The fourth-order valence-electron chi connectivity index (χ4n) is 1.23. The molecular formula is C9H10F2N2O2. The van der Waals surface area contributed by atoms with Crippen molar-refractivity contribution in [3.63, 3.8) is 0 Å². The van der Waals surface area contributed by atoms with Crippen LogP contribution in [0.2, 0.25) is 0 Å². The van der Waals surface area contributed by atoms with E-state index in [1.165, 1.54) is 0 Å². The molecule has 0 heterocycles. The number of halogens is 2. The molecule has 2 N–H and O–H groups in total. The van der Waals surface area contributed by atoms with Crippen LogP contribution in [-0.2, 0) is 0 Å². The number of nitrogens with zero attached hydrogens (tertiary/aromatic N) is 1. The second kappa shape index (κ2) is 4.31. The van der Waals surface area contributed by atoms with Crippen LogP contribution < -0.4 is 5.73 Å². The molecule has 0 bridgehead atoms. The summed E-state index contributed by atoms with van der Waals surface area (Å²) in [4.78, 5) is 9.84. The van der Waals surface area contributed by atoms with Crippen molar-refractivity contribution in [3.05, 3.63) is 39.4 Å². The minimum absolute atomic E-state index is 0.112. The Kier molecular flexibility index (Phi) is 3.31. The van der Waals surface area contributed by atoms with Crippen molar-refractivity contribution in [2.75, 3.05) is 6.54 Å². The molecule has 0 saturated carbocycles. The molecule has 1 aromatic rings. The van der Waals surface area contributed by atoms with Crippen LogP contribution in [0.5, 0.6) is 0 Å². The average Bonchev–Trinajstić information content (AvgIpc) is 2.20. The fraction of sp³-hybridized carbons (Fsp3) is 0.333. The van der Waals surface area contributed by atoms with E-state index in [1.54, 1.807) is 6.92 Å². The molecule has 1 unspecified atom stereocenters. The summed E-state index contributed by atoms with van der Waals surface area (Å²) < 4.78 is 25.7. The van der Waals surface area contributed by atoms with E-state index in [-0.39, 0.29) is 18.0 Å². The summed E-state index contributed by atoms with van der Waals surface area (Å²) in [6, 6.07) is 1.40. The Morgan fingerprint density at radius 3 is 2.47 bits per heavy atom. The molecule has 0 aliphatic heterocycles. The zero-order chi connectivity index (χ0) is 11.6. The van der Waals surface area contributed by atoms with Crippen LogP contribution in [0.1, 0.15) is 18.4 Å². The first-order valence-electron chi connectivity index (χ1n) is 4.30. The van der Waals surface area contributed by atoms with Gasteiger partial charge >= 0.3 is 0 Å². The third-order valence-electron chi connectivity index (χ3n) is 2.15. The Balaban J connectivity index is 3.34. The predicted molar refractivity (Wildman–Crippen MR) is 50.5 cm³/mol. The van der Waals surface area contributed by atoms with Crippen LogP contribution in [0.4, 0.5) is 14.5 Å². The molecule has 0 aliphatic carbocycles. The lowest BCUT2D eigenvalue weighted by Crippen LogP contribution is -2.11. The van der Waals surface area contributed by atoms with Crippen LogP contribution in [-0.4, -0.2) is 11.5 Å². The molecule has 1 aromatic carbocycles. The molecule has 0 fully saturated rings. The van der Waals surface area contributed by atoms with E-state index in [1.807, 2.05) is 0 Å². The highest BCUT2D eigenvalue weighted by molar-refractivity contribution is 5.43. The molecule has 0 spiro atoms. The van der Waals surface area contributed by atoms with Crippen molar-refractivity contribution in [2.24, 2.45) is 5.73 Å². The zero-order valence-corrected chi connectivity index (χ0v) is 8.04. The van der Waals surface area contributed by atoms with Gasteiger partial charge in [0.2, 0.25) is 0 Å². The summed E-state index contributed by atoms with van der Waals surface area (Å²) in [5, 5.41) is 10.6. The molecule has 6 heteroatoms. The molecule has 0 aliphatic rings. The van der Waals surface area contributed by atoms with Crippen molar-refractivity contribution >= 4 is 5.69 Å². The predicted octanol–water partition coefficient (Wildman–Crippen LogP) is 1.94. The zero-order valence-electron chi connectivity index (χ0n) is 8.04. The maximum atomic E-state index is 12.9. The van der Waals surface area contributed by atoms with Gasteiger partial charge in [-0.1, -0.05) is 6.92 Å². The number of nitro benzene ring substituents is 1. The standard InChI is InChI=1S/C9H10F2N2O2/c1-5(4-12)6-2-7(10)8(11)3-9(6)13(14)15/h2-3,5H,4,12H2,1H3. The molecule has 1 atom stereocenters. The molecule has 4 nitrogen and oxygen atoms in total. The van der Waals surface area contributed by atoms with Gasteiger partial charge in [-0.2, -0.15) is 0 Å². The van der Waals surface area contributed by atoms with Gasteiger partial charge in [-0.25, -0.2) is 8.78 Å². The Labute approximate surface area is 84.9 Å². The van der Waals surface area contributed by atoms with Crippen molar-refractivity contribution in [1.82, 2.24) is 0 Å². The van der Waals surface area contributed by atoms with E-state index in [2.05, 4.69) is 0 Å². The summed E-state index contributed by atoms with van der Waals surface area (Å²) >= 11 is 0. The van der Waals surface area contributed by atoms with E-state index < -0.39 is 22.2 Å². The Morgan fingerprint density at radius 2 is 2.00 bits per heavy atom. The van der Waals surface area contributed by atoms with E-state index in [9.17, 15) is 18.9 Å². The third-order valence-corrected chi connectivity index (χ3v) is 2.15. The maximum absolute atomic E-state index is 12.9. The summed E-state index contributed by atoms with van der Waals surface area (Å²) in [5.74, 6) is -2.72. The molecule has 82 valence electrons. The summed E-state index contributed by atoms with van der Waals surface area (Å²) in [6.07, 6.45) is 0. The van der Waals surface area contributed by atoms with Crippen molar-refractivity contribution in [3.8, 4) is 0 Å². The molecule has 0 aromatic heterocycles. The molecule has 0 radical (unpaired) electrons. The van der Waals surface area contributed by atoms with Gasteiger partial charge in [-0.15, -0.1) is 0 Å². The number of hydrogen-bond donors (Lipinski definition) is 1. The molecular weight excluding hydrogens is 206 g/mol. The molecule has 1 rings (SSSR count). The van der Waals surface area contributed by atoms with E-state index >= 15 is 0 Å². The van der Waals surface area contributed by atoms with Gasteiger partial charge in [-0.05, 0) is 12.6 Å². The second-order valence-electron chi connectivity index (χ2n) is 3.22. The van der Waals surface area contributed by atoms with E-state index in [0.29, 0.717) is 6.07 Å². The highest BCUT2D eigenvalue weighted by atomic mass is 19.2. The highest BCUT2D eigenvalue weighted by Gasteiger charge is 2.21. The summed E-state index contributed by atoms with van der Waals surface area (Å²) in [6.45, 7) is 1.74. The lowest BCUT2D eigenvalue weighted by atomic mass is 9.99. The normalized spacial score (nSPS) is 12.5. The Hall–Kier alpha value is -1.56. The van der Waals surface area contributed by atoms with Gasteiger partial charge < -0.3 is 5.73 Å². The van der Waals surface area contributed by atoms with E-state index in [0.717, 1.165) is 6.07 Å². The number of rotatable bonds is 3. The number of nitro groups is 1.